The SMILES string of the molecule is COc1ccc(CN2C(=O)NC(C)(C)C2=O)cc1C#N. The number of ether oxygens (including phenoxy) is 1. The molecule has 1 heterocycles. The molecule has 1 N–H and O–H groups in total. The molecule has 6 heteroatoms. The van der Waals surface area contributed by atoms with Crippen LogP contribution >= 0.6 is 0 Å². The fourth-order valence-electron chi connectivity index (χ4n) is 2.08. The number of carbonyl (C=O) groups is 2. The van der Waals surface area contributed by atoms with E-state index in [-0.39, 0.29) is 12.5 Å². The first kappa shape index (κ1) is 13.9. The van der Waals surface area contributed by atoms with Gasteiger partial charge in [-0.25, -0.2) is 4.79 Å². The normalized spacial score (nSPS) is 16.8. The smallest absolute Gasteiger partial charge is 0.325 e. The summed E-state index contributed by atoms with van der Waals surface area (Å²) in [5, 5.41) is 11.6. The van der Waals surface area contributed by atoms with Gasteiger partial charge in [-0.2, -0.15) is 5.26 Å². The topological polar surface area (TPSA) is 82.4 Å². The van der Waals surface area contributed by atoms with Crippen LogP contribution in [-0.4, -0.2) is 29.5 Å². The van der Waals surface area contributed by atoms with Gasteiger partial charge < -0.3 is 10.1 Å². The number of nitrogens with zero attached hydrogens (tertiary/aromatic N) is 2. The Balaban J connectivity index is 2.25. The van der Waals surface area contributed by atoms with Crippen molar-refractivity contribution in [2.45, 2.75) is 25.9 Å². The second kappa shape index (κ2) is 4.85. The van der Waals surface area contributed by atoms with Crippen molar-refractivity contribution in [2.24, 2.45) is 0 Å². The molecule has 6 nitrogen and oxygen atoms in total. The third-order valence-corrected chi connectivity index (χ3v) is 3.17. The first-order chi connectivity index (χ1) is 9.39. The van der Waals surface area contributed by atoms with E-state index in [1.807, 2.05) is 6.07 Å². The number of benzene rings is 1. The van der Waals surface area contributed by atoms with Crippen LogP contribution in [0.5, 0.6) is 5.75 Å². The van der Waals surface area contributed by atoms with E-state index in [9.17, 15) is 9.59 Å². The van der Waals surface area contributed by atoms with Crippen LogP contribution in [0.3, 0.4) is 0 Å². The third-order valence-electron chi connectivity index (χ3n) is 3.17. The van der Waals surface area contributed by atoms with Crippen molar-refractivity contribution in [1.82, 2.24) is 10.2 Å². The van der Waals surface area contributed by atoms with Gasteiger partial charge in [0.15, 0.2) is 0 Å². The molecule has 2 rings (SSSR count). The molecular formula is C14H15N3O3. The number of imide groups is 1. The Hall–Kier alpha value is -2.55. The Kier molecular flexibility index (Phi) is 3.36. The number of methoxy groups -OCH3 is 1. The van der Waals surface area contributed by atoms with Gasteiger partial charge in [-0.05, 0) is 31.5 Å². The lowest BCUT2D eigenvalue weighted by molar-refractivity contribution is -0.130. The lowest BCUT2D eigenvalue weighted by atomic mass is 10.1. The Bertz CT molecular complexity index is 617. The van der Waals surface area contributed by atoms with Gasteiger partial charge in [0.1, 0.15) is 17.4 Å². The second-order valence-electron chi connectivity index (χ2n) is 5.09. The molecule has 1 aliphatic rings. The molecule has 0 atom stereocenters. The molecule has 20 heavy (non-hydrogen) atoms. The van der Waals surface area contributed by atoms with E-state index in [1.165, 1.54) is 7.11 Å². The van der Waals surface area contributed by atoms with E-state index in [0.29, 0.717) is 16.9 Å². The molecule has 104 valence electrons. The minimum absolute atomic E-state index is 0.132. The number of nitrogens with one attached hydrogen (secondary N) is 1. The van der Waals surface area contributed by atoms with Crippen LogP contribution in [0.25, 0.3) is 0 Å². The van der Waals surface area contributed by atoms with Crippen molar-refractivity contribution in [3.8, 4) is 11.8 Å². The molecule has 0 bridgehead atoms. The molecule has 0 radical (unpaired) electrons. The standard InChI is InChI=1S/C14H15N3O3/c1-14(2)12(18)17(13(19)16-14)8-9-4-5-11(20-3)10(6-9)7-15/h4-6H,8H2,1-3H3,(H,16,19). The van der Waals surface area contributed by atoms with Crippen molar-refractivity contribution in [1.29, 1.82) is 5.26 Å². The Labute approximate surface area is 116 Å². The second-order valence-corrected chi connectivity index (χ2v) is 5.09. The van der Waals surface area contributed by atoms with E-state index < -0.39 is 11.6 Å². The average molecular weight is 273 g/mol. The van der Waals surface area contributed by atoms with E-state index in [4.69, 9.17) is 10.00 Å². The highest BCUT2D eigenvalue weighted by Crippen LogP contribution is 2.23. The van der Waals surface area contributed by atoms with Crippen molar-refractivity contribution in [2.75, 3.05) is 7.11 Å². The number of hydrogen-bond donors (Lipinski definition) is 1. The van der Waals surface area contributed by atoms with Crippen LogP contribution < -0.4 is 10.1 Å². The highest BCUT2D eigenvalue weighted by atomic mass is 16.5. The number of carbonyl (C=O) groups excluding carboxylic acids is 2. The number of rotatable bonds is 3. The van der Waals surface area contributed by atoms with Crippen LogP contribution in [-0.2, 0) is 11.3 Å². The average Bonchev–Trinajstić information content (AvgIpc) is 2.60. The van der Waals surface area contributed by atoms with Gasteiger partial charge in [-0.3, -0.25) is 9.69 Å². The molecule has 0 aromatic heterocycles. The zero-order valence-corrected chi connectivity index (χ0v) is 11.6. The van der Waals surface area contributed by atoms with Crippen molar-refractivity contribution in [3.05, 3.63) is 29.3 Å². The van der Waals surface area contributed by atoms with Crippen LogP contribution in [0.1, 0.15) is 25.0 Å². The molecule has 1 fully saturated rings. The summed E-state index contributed by atoms with van der Waals surface area (Å²) in [6, 6.07) is 6.59. The lowest BCUT2D eigenvalue weighted by Crippen LogP contribution is -2.40. The van der Waals surface area contributed by atoms with E-state index in [0.717, 1.165) is 4.90 Å². The summed E-state index contributed by atoms with van der Waals surface area (Å²) in [5.41, 5.74) is 0.182. The van der Waals surface area contributed by atoms with Crippen LogP contribution in [0.15, 0.2) is 18.2 Å². The third kappa shape index (κ3) is 2.30. The maximum absolute atomic E-state index is 12.1. The minimum Gasteiger partial charge on any atom is -0.495 e. The first-order valence-electron chi connectivity index (χ1n) is 6.10. The molecule has 0 spiro atoms. The van der Waals surface area contributed by atoms with Crippen LogP contribution in [0.4, 0.5) is 4.79 Å². The van der Waals surface area contributed by atoms with E-state index >= 15 is 0 Å². The highest BCUT2D eigenvalue weighted by Gasteiger charge is 2.44. The summed E-state index contributed by atoms with van der Waals surface area (Å²) in [4.78, 5) is 25.0. The summed E-state index contributed by atoms with van der Waals surface area (Å²) < 4.78 is 5.05. The Morgan fingerprint density at radius 2 is 2.10 bits per heavy atom. The quantitative estimate of drug-likeness (QED) is 0.844. The number of amides is 3. The first-order valence-corrected chi connectivity index (χ1v) is 6.10. The van der Waals surface area contributed by atoms with Gasteiger partial charge in [0, 0.05) is 0 Å². The van der Waals surface area contributed by atoms with Crippen LogP contribution in [0, 0.1) is 11.3 Å². The predicted octanol–water partition coefficient (Wildman–Crippen LogP) is 1.40. The minimum atomic E-state index is -0.887. The molecule has 1 aromatic rings. The summed E-state index contributed by atoms with van der Waals surface area (Å²) >= 11 is 0. The molecule has 1 aromatic carbocycles. The van der Waals surface area contributed by atoms with Gasteiger partial charge in [0.05, 0.1) is 19.2 Å². The Morgan fingerprint density at radius 3 is 2.60 bits per heavy atom. The number of urea groups is 1. The molecule has 0 aliphatic carbocycles. The summed E-state index contributed by atoms with van der Waals surface area (Å²) in [6.07, 6.45) is 0. The maximum atomic E-state index is 12.1. The molecule has 0 unspecified atom stereocenters. The summed E-state index contributed by atoms with van der Waals surface area (Å²) in [5.74, 6) is 0.186. The van der Waals surface area contributed by atoms with Gasteiger partial charge in [0.25, 0.3) is 5.91 Å². The molecule has 1 aliphatic heterocycles. The fraction of sp³-hybridized carbons (Fsp3) is 0.357. The van der Waals surface area contributed by atoms with Gasteiger partial charge in [-0.1, -0.05) is 6.07 Å². The lowest BCUT2D eigenvalue weighted by Gasteiger charge is -2.16. The van der Waals surface area contributed by atoms with Crippen molar-refractivity contribution >= 4 is 11.9 Å². The van der Waals surface area contributed by atoms with Gasteiger partial charge >= 0.3 is 6.03 Å². The number of nitriles is 1. The molecule has 0 saturated carbocycles. The fourth-order valence-corrected chi connectivity index (χ4v) is 2.08. The maximum Gasteiger partial charge on any atom is 0.325 e. The van der Waals surface area contributed by atoms with Gasteiger partial charge in [-0.15, -0.1) is 0 Å². The monoisotopic (exact) mass is 273 g/mol. The summed E-state index contributed by atoms with van der Waals surface area (Å²) in [7, 11) is 1.48. The summed E-state index contributed by atoms with van der Waals surface area (Å²) in [6.45, 7) is 3.44. The van der Waals surface area contributed by atoms with Gasteiger partial charge in [0.2, 0.25) is 0 Å². The molecule has 1 saturated heterocycles. The Morgan fingerprint density at radius 1 is 1.40 bits per heavy atom. The number of hydrogen-bond acceptors (Lipinski definition) is 4. The molecule has 3 amide bonds. The van der Waals surface area contributed by atoms with Crippen LogP contribution in [0.2, 0.25) is 0 Å². The van der Waals surface area contributed by atoms with Crippen molar-refractivity contribution < 1.29 is 14.3 Å². The molecular weight excluding hydrogens is 258 g/mol. The highest BCUT2D eigenvalue weighted by molar-refractivity contribution is 6.06. The zero-order chi connectivity index (χ0) is 14.9. The van der Waals surface area contributed by atoms with Crippen molar-refractivity contribution in [3.63, 3.8) is 0 Å². The largest absolute Gasteiger partial charge is 0.495 e. The predicted molar refractivity (Wildman–Crippen MR) is 70.9 cm³/mol. The van der Waals surface area contributed by atoms with E-state index in [2.05, 4.69) is 5.32 Å². The zero-order valence-electron chi connectivity index (χ0n) is 11.6. The van der Waals surface area contributed by atoms with E-state index in [1.54, 1.807) is 32.0 Å².